The van der Waals surface area contributed by atoms with Gasteiger partial charge in [0.05, 0.1) is 12.5 Å². The van der Waals surface area contributed by atoms with Crippen molar-refractivity contribution in [2.45, 2.75) is 222 Å². The van der Waals surface area contributed by atoms with E-state index in [1.54, 1.807) is 0 Å². The van der Waals surface area contributed by atoms with E-state index in [2.05, 4.69) is 97.1 Å². The molecule has 0 aliphatic heterocycles. The number of hydrogen-bond donors (Lipinski definition) is 0. The van der Waals surface area contributed by atoms with Gasteiger partial charge in [0.2, 0.25) is 0 Å². The Hall–Kier alpha value is -1.57. The molecule has 0 aliphatic carbocycles. The first kappa shape index (κ1) is 49.4. The van der Waals surface area contributed by atoms with Crippen LogP contribution in [-0.2, 0) is 9.53 Å². The van der Waals surface area contributed by atoms with E-state index in [9.17, 15) is 4.79 Å². The average molecular weight is 711 g/mol. The molecule has 0 saturated heterocycles. The van der Waals surface area contributed by atoms with Crippen LogP contribution >= 0.6 is 0 Å². The summed E-state index contributed by atoms with van der Waals surface area (Å²) in [5.74, 6) is 2.24. The molecule has 2 nitrogen and oxygen atoms in total. The highest BCUT2D eigenvalue weighted by Gasteiger charge is 2.28. The average Bonchev–Trinajstić information content (AvgIpc) is 3.12. The maximum Gasteiger partial charge on any atom is 0.308 e. The van der Waals surface area contributed by atoms with E-state index in [0.717, 1.165) is 19.3 Å². The molecule has 3 atom stereocenters. The Balaban J connectivity index is 4.42. The second-order valence-electron chi connectivity index (χ2n) is 16.3. The number of rotatable bonds is 37. The highest BCUT2D eigenvalue weighted by Crippen LogP contribution is 2.31. The van der Waals surface area contributed by atoms with Crippen LogP contribution < -0.4 is 0 Å². The molecule has 51 heavy (non-hydrogen) atoms. The molecular weight excluding hydrogens is 621 g/mol. The Labute approximate surface area is 321 Å². The fraction of sp³-hybridized carbons (Fsp3) is 0.816. The Morgan fingerprint density at radius 3 is 1.24 bits per heavy atom. The maximum atomic E-state index is 13.0. The molecule has 0 heterocycles. The van der Waals surface area contributed by atoms with E-state index in [-0.39, 0.29) is 11.9 Å². The number of esters is 1. The van der Waals surface area contributed by atoms with Gasteiger partial charge in [0, 0.05) is 0 Å². The van der Waals surface area contributed by atoms with Crippen molar-refractivity contribution in [3.8, 4) is 0 Å². The zero-order valence-corrected chi connectivity index (χ0v) is 35.6. The summed E-state index contributed by atoms with van der Waals surface area (Å²) in [7, 11) is 0. The molecule has 0 fully saturated rings. The van der Waals surface area contributed by atoms with Gasteiger partial charge in [-0.15, -0.1) is 0 Å². The van der Waals surface area contributed by atoms with Gasteiger partial charge in [-0.25, -0.2) is 0 Å². The van der Waals surface area contributed by atoms with Crippen LogP contribution in [-0.4, -0.2) is 12.6 Å². The van der Waals surface area contributed by atoms with Gasteiger partial charge in [-0.2, -0.15) is 0 Å². The Bertz CT molecular complexity index is 800. The lowest BCUT2D eigenvalue weighted by Crippen LogP contribution is -2.28. The molecule has 0 rings (SSSR count). The third-order valence-electron chi connectivity index (χ3n) is 11.4. The molecule has 0 aliphatic rings. The lowest BCUT2D eigenvalue weighted by atomic mass is 9.78. The third-order valence-corrected chi connectivity index (χ3v) is 11.4. The number of hydrogen-bond acceptors (Lipinski definition) is 2. The topological polar surface area (TPSA) is 26.3 Å². The number of unbranched alkanes of at least 4 members (excludes halogenated alkanes) is 18. The van der Waals surface area contributed by atoms with Crippen molar-refractivity contribution >= 4 is 5.97 Å². The lowest BCUT2D eigenvalue weighted by molar-refractivity contribution is -0.150. The standard InChI is InChI=1S/C49H90O2/c1-8-10-12-14-16-18-20-22-24-26-28-30-32-34-36-38-40-48(46(6)47(7)49(50)51-43-42-45(5)44(3)4)41-39-37-35-33-31-29-27-25-23-21-19-17-15-13-11-9-2/h16-19,22-25,44-48H,8-15,20-21,26-43H2,1-7H3. The summed E-state index contributed by atoms with van der Waals surface area (Å²) < 4.78 is 5.81. The predicted molar refractivity (Wildman–Crippen MR) is 229 cm³/mol. The summed E-state index contributed by atoms with van der Waals surface area (Å²) in [6.45, 7) is 16.3. The number of carbonyl (C=O) groups is 1. The molecule has 0 bridgehead atoms. The number of ether oxygens (including phenoxy) is 1. The largest absolute Gasteiger partial charge is 0.465 e. The zero-order valence-electron chi connectivity index (χ0n) is 35.6. The molecule has 0 saturated carbocycles. The molecule has 0 amide bonds. The molecule has 0 spiro atoms. The summed E-state index contributed by atoms with van der Waals surface area (Å²) in [5, 5.41) is 0. The smallest absolute Gasteiger partial charge is 0.308 e. The van der Waals surface area contributed by atoms with Crippen molar-refractivity contribution in [2.75, 3.05) is 6.61 Å². The fourth-order valence-corrected chi connectivity index (χ4v) is 6.89. The minimum atomic E-state index is -0.0152. The summed E-state index contributed by atoms with van der Waals surface area (Å²) in [5.41, 5.74) is 0. The molecule has 3 unspecified atom stereocenters. The van der Waals surface area contributed by atoms with Crippen molar-refractivity contribution in [3.05, 3.63) is 48.6 Å². The molecule has 0 aromatic rings. The first-order valence-electron chi connectivity index (χ1n) is 22.6. The van der Waals surface area contributed by atoms with Crippen molar-refractivity contribution in [1.29, 1.82) is 0 Å². The second-order valence-corrected chi connectivity index (χ2v) is 16.3. The Morgan fingerprint density at radius 1 is 0.471 bits per heavy atom. The first-order valence-corrected chi connectivity index (χ1v) is 22.6. The van der Waals surface area contributed by atoms with Crippen molar-refractivity contribution < 1.29 is 9.53 Å². The van der Waals surface area contributed by atoms with Crippen LogP contribution in [0.2, 0.25) is 0 Å². The summed E-state index contributed by atoms with van der Waals surface area (Å²) in [6, 6.07) is 0. The van der Waals surface area contributed by atoms with E-state index < -0.39 is 0 Å². The van der Waals surface area contributed by atoms with Crippen LogP contribution in [0.1, 0.15) is 222 Å². The first-order chi connectivity index (χ1) is 24.8. The summed E-state index contributed by atoms with van der Waals surface area (Å²) >= 11 is 0. The van der Waals surface area contributed by atoms with Crippen LogP contribution in [0, 0.1) is 29.6 Å². The Morgan fingerprint density at radius 2 is 0.843 bits per heavy atom. The van der Waals surface area contributed by atoms with Gasteiger partial charge in [0.25, 0.3) is 0 Å². The SMILES string of the molecule is CCCCCC=CCC=CCCCCCCCCC(CCCCCCCCC=CCC=CCCCCC)C(C)C(C)C(=O)OCCC(C)C(C)C. The second kappa shape index (κ2) is 38.2. The van der Waals surface area contributed by atoms with Gasteiger partial charge in [0.15, 0.2) is 0 Å². The van der Waals surface area contributed by atoms with E-state index in [1.807, 2.05) is 0 Å². The lowest BCUT2D eigenvalue weighted by Gasteiger charge is -2.28. The molecule has 298 valence electrons. The van der Waals surface area contributed by atoms with Gasteiger partial charge >= 0.3 is 5.97 Å². The molecule has 0 N–H and O–H groups in total. The highest BCUT2D eigenvalue weighted by atomic mass is 16.5. The normalized spacial score (nSPS) is 14.8. The predicted octanol–water partition coefficient (Wildman–Crippen LogP) is 16.5. The van der Waals surface area contributed by atoms with E-state index in [4.69, 9.17) is 4.74 Å². The minimum Gasteiger partial charge on any atom is -0.465 e. The van der Waals surface area contributed by atoms with Crippen LogP contribution in [0.5, 0.6) is 0 Å². The molecule has 0 radical (unpaired) electrons. The van der Waals surface area contributed by atoms with Crippen LogP contribution in [0.4, 0.5) is 0 Å². The third kappa shape index (κ3) is 32.8. The fourth-order valence-electron chi connectivity index (χ4n) is 6.89. The highest BCUT2D eigenvalue weighted by molar-refractivity contribution is 5.72. The van der Waals surface area contributed by atoms with Crippen LogP contribution in [0.25, 0.3) is 0 Å². The maximum absolute atomic E-state index is 13.0. The molecule has 0 aromatic heterocycles. The Kier molecular flexibility index (Phi) is 37.0. The number of allylic oxidation sites excluding steroid dienone is 8. The van der Waals surface area contributed by atoms with E-state index >= 15 is 0 Å². The zero-order chi connectivity index (χ0) is 37.6. The number of carbonyl (C=O) groups excluding carboxylic acids is 1. The summed E-state index contributed by atoms with van der Waals surface area (Å²) in [4.78, 5) is 13.0. The molecular formula is C49H90O2. The van der Waals surface area contributed by atoms with Gasteiger partial charge in [-0.3, -0.25) is 4.79 Å². The van der Waals surface area contributed by atoms with Gasteiger partial charge in [0.1, 0.15) is 0 Å². The van der Waals surface area contributed by atoms with Crippen molar-refractivity contribution in [3.63, 3.8) is 0 Å². The van der Waals surface area contributed by atoms with Crippen molar-refractivity contribution in [2.24, 2.45) is 29.6 Å². The van der Waals surface area contributed by atoms with Crippen LogP contribution in [0.15, 0.2) is 48.6 Å². The monoisotopic (exact) mass is 711 g/mol. The van der Waals surface area contributed by atoms with E-state index in [0.29, 0.717) is 30.3 Å². The molecule has 2 heteroatoms. The van der Waals surface area contributed by atoms with Crippen molar-refractivity contribution in [1.82, 2.24) is 0 Å². The van der Waals surface area contributed by atoms with Crippen LogP contribution in [0.3, 0.4) is 0 Å². The quantitative estimate of drug-likeness (QED) is 0.0364. The minimum absolute atomic E-state index is 0.0152. The van der Waals surface area contributed by atoms with Gasteiger partial charge in [-0.05, 0) is 94.3 Å². The van der Waals surface area contributed by atoms with E-state index in [1.165, 1.54) is 154 Å². The molecule has 0 aromatic carbocycles. The van der Waals surface area contributed by atoms with Gasteiger partial charge < -0.3 is 4.74 Å². The van der Waals surface area contributed by atoms with Gasteiger partial charge in [-0.1, -0.05) is 200 Å². The summed E-state index contributed by atoms with van der Waals surface area (Å²) in [6.07, 6.45) is 53.4.